The third-order valence-corrected chi connectivity index (χ3v) is 27.0. The van der Waals surface area contributed by atoms with E-state index in [0.29, 0.717) is 75.5 Å². The summed E-state index contributed by atoms with van der Waals surface area (Å²) in [6.07, 6.45) is 0. The molecule has 0 N–H and O–H groups in total. The maximum atomic E-state index is 6.54. The second-order valence-corrected chi connectivity index (χ2v) is 35.2. The smallest absolute Gasteiger partial charge is 0.167 e. The summed E-state index contributed by atoms with van der Waals surface area (Å²) in [4.78, 5) is 62.9. The van der Waals surface area contributed by atoms with Crippen molar-refractivity contribution in [2.75, 3.05) is 0 Å². The van der Waals surface area contributed by atoms with E-state index in [2.05, 4.69) is 179 Å². The molecule has 10 heterocycles. The highest BCUT2D eigenvalue weighted by atomic mass is 32.1. The van der Waals surface area contributed by atoms with Crippen molar-refractivity contribution in [2.45, 2.75) is 0 Å². The number of benzene rings is 18. The van der Waals surface area contributed by atoms with Crippen LogP contribution in [0.5, 0.6) is 0 Å². The second-order valence-electron chi connectivity index (χ2n) is 34.1. The van der Waals surface area contributed by atoms with Crippen molar-refractivity contribution < 1.29 is 13.3 Å². The molecule has 18 aromatic carbocycles. The number of para-hydroxylation sites is 6. The lowest BCUT2D eigenvalue weighted by atomic mass is 10.0. The van der Waals surface area contributed by atoms with Crippen molar-refractivity contribution in [3.05, 3.63) is 425 Å². The van der Waals surface area contributed by atoms with E-state index in [1.54, 1.807) is 0 Å². The summed E-state index contributed by atoms with van der Waals surface area (Å²) in [6.45, 7) is 0. The van der Waals surface area contributed by atoms with Crippen LogP contribution in [0.25, 0.3) is 278 Å². The summed E-state index contributed by atoms with van der Waals surface area (Å²) < 4.78 is 26.5. The van der Waals surface area contributed by atoms with Crippen LogP contribution in [-0.2, 0) is 0 Å². The number of hydrogen-bond donors (Lipinski definition) is 0. The maximum Gasteiger partial charge on any atom is 0.167 e. The molecule has 0 bridgehead atoms. The van der Waals surface area contributed by atoms with Gasteiger partial charge < -0.3 is 22.4 Å². The number of rotatable bonds is 14. The van der Waals surface area contributed by atoms with Gasteiger partial charge in [0.05, 0.1) is 39.0 Å². The van der Waals surface area contributed by atoms with Gasteiger partial charge in [-0.3, -0.25) is 0 Å². The molecule has 0 saturated heterocycles. The van der Waals surface area contributed by atoms with Crippen molar-refractivity contribution in [1.29, 1.82) is 0 Å². The first-order chi connectivity index (χ1) is 68.4. The fourth-order valence-corrected chi connectivity index (χ4v) is 20.5. The molecule has 28 rings (SSSR count). The number of hydrogen-bond acceptors (Lipinski definition) is 16. The Morgan fingerprint density at radius 3 is 0.971 bits per heavy atom. The molecule has 0 atom stereocenters. The van der Waals surface area contributed by atoms with Crippen molar-refractivity contribution in [3.8, 4) is 148 Å². The van der Waals surface area contributed by atoms with Crippen LogP contribution >= 0.6 is 11.3 Å². The number of furan rings is 3. The molecular formula is C120H70N14O3S. The van der Waals surface area contributed by atoms with Crippen LogP contribution < -0.4 is 0 Å². The van der Waals surface area contributed by atoms with Gasteiger partial charge in [0, 0.05) is 135 Å². The first-order valence-electron chi connectivity index (χ1n) is 45.5. The monoisotopic (exact) mass is 1790 g/mol. The van der Waals surface area contributed by atoms with E-state index in [0.717, 1.165) is 177 Å². The average Bonchev–Trinajstić information content (AvgIpc) is 1.56. The number of nitrogens with zero attached hydrogens (tertiary/aromatic N) is 14. The topological polar surface area (TPSA) is 204 Å². The van der Waals surface area contributed by atoms with Crippen LogP contribution in [0, 0.1) is 0 Å². The number of thiophene rings is 1. The Morgan fingerprint density at radius 2 is 0.493 bits per heavy atom. The van der Waals surface area contributed by atoms with Gasteiger partial charge in [-0.05, 0) is 109 Å². The molecule has 0 saturated carbocycles. The first-order valence-corrected chi connectivity index (χ1v) is 46.4. The molecule has 0 amide bonds. The van der Waals surface area contributed by atoms with E-state index >= 15 is 0 Å². The highest BCUT2D eigenvalue weighted by molar-refractivity contribution is 7.25. The van der Waals surface area contributed by atoms with Crippen LogP contribution in [-0.4, -0.2) is 68.9 Å². The fraction of sp³-hybridized carbons (Fsp3) is 0. The second kappa shape index (κ2) is 32.6. The minimum Gasteiger partial charge on any atom is -0.456 e. The summed E-state index contributed by atoms with van der Waals surface area (Å²) in [5.74, 6) is 6.35. The predicted molar refractivity (Wildman–Crippen MR) is 555 cm³/mol. The summed E-state index contributed by atoms with van der Waals surface area (Å²) in [6, 6.07) is 145. The average molecular weight is 1790 g/mol. The van der Waals surface area contributed by atoms with Gasteiger partial charge in [0.15, 0.2) is 69.9 Å². The minimum absolute atomic E-state index is 0.481. The van der Waals surface area contributed by atoms with E-state index in [4.69, 9.17) is 73.1 Å². The molecule has 0 unspecified atom stereocenters. The largest absolute Gasteiger partial charge is 0.456 e. The minimum atomic E-state index is 0.481. The Bertz CT molecular complexity index is 9630. The molecule has 17 nitrogen and oxygen atoms in total. The van der Waals surface area contributed by atoms with Gasteiger partial charge >= 0.3 is 0 Å². The van der Waals surface area contributed by atoms with Gasteiger partial charge in [-0.15, -0.1) is 11.3 Å². The van der Waals surface area contributed by atoms with Gasteiger partial charge in [-0.1, -0.05) is 315 Å². The molecule has 138 heavy (non-hydrogen) atoms. The van der Waals surface area contributed by atoms with E-state index < -0.39 is 0 Å². The van der Waals surface area contributed by atoms with Gasteiger partial charge in [-0.2, -0.15) is 0 Å². The first kappa shape index (κ1) is 79.0. The summed E-state index contributed by atoms with van der Waals surface area (Å²) >= 11 is 1.83. The van der Waals surface area contributed by atoms with Crippen LogP contribution in [0.15, 0.2) is 438 Å². The lowest BCUT2D eigenvalue weighted by Crippen LogP contribution is -2.05. The zero-order valence-corrected chi connectivity index (χ0v) is 74.1. The van der Waals surface area contributed by atoms with Crippen LogP contribution in [0.3, 0.4) is 0 Å². The molecule has 0 aliphatic carbocycles. The van der Waals surface area contributed by atoms with Crippen molar-refractivity contribution in [1.82, 2.24) is 68.9 Å². The third-order valence-electron chi connectivity index (χ3n) is 25.8. The zero-order chi connectivity index (χ0) is 90.8. The van der Waals surface area contributed by atoms with Gasteiger partial charge in [-0.25, -0.2) is 59.8 Å². The normalized spacial score (nSPS) is 11.8. The molecule has 0 fully saturated rings. The number of fused-ring (bicyclic) bond motifs is 18. The molecule has 0 spiro atoms. The molecule has 0 aliphatic rings. The Morgan fingerprint density at radius 1 is 0.167 bits per heavy atom. The van der Waals surface area contributed by atoms with Crippen LogP contribution in [0.4, 0.5) is 0 Å². The zero-order valence-electron chi connectivity index (χ0n) is 73.3. The van der Waals surface area contributed by atoms with Crippen LogP contribution in [0.2, 0.25) is 0 Å². The maximum absolute atomic E-state index is 6.54. The van der Waals surface area contributed by atoms with E-state index in [9.17, 15) is 0 Å². The Balaban J connectivity index is 0.000000139. The fourth-order valence-electron chi connectivity index (χ4n) is 19.4. The Labute approximate surface area is 790 Å². The highest BCUT2D eigenvalue weighted by Gasteiger charge is 2.29. The third kappa shape index (κ3) is 13.6. The van der Waals surface area contributed by atoms with Gasteiger partial charge in [0.2, 0.25) is 0 Å². The highest BCUT2D eigenvalue weighted by Crippen LogP contribution is 2.48. The molecule has 644 valence electrons. The summed E-state index contributed by atoms with van der Waals surface area (Å²) in [7, 11) is 0. The Kier molecular flexibility index (Phi) is 18.7. The standard InChI is InChI=1S/C60H35N7O2.C60H35N7OS/c1-4-17-36(18-5-1)55-61-56(37-19-6-2-7-20-37)65-60(64-55)47-33-39(31-32-49(47)67-48-28-13-10-23-40(48)45-35-53-46(34-50(45)67)42-25-12-14-29-51(42)68-53)58-62-57(38-21-8-3-9-22-38)63-59(66-58)44-27-16-26-43-41-24-11-15-30-52(41)69-54(43)44;1-4-17-36(18-5-1)55-61-56(37-19-6-2-7-20-37)65-60(64-55)46-33-39(31-32-48(46)67-47-27-13-10-23-40(47)44-35-53-45(34-49(44)67)41-24-12-15-30-52(41)69-53)58-62-57(38-21-8-3-9-22-38)63-59(66-58)43-26-16-29-51-54(43)42-25-11-14-28-50(42)68-51/h2*1-35H. The van der Waals surface area contributed by atoms with Crippen molar-refractivity contribution in [2.24, 2.45) is 0 Å². The molecule has 0 radical (unpaired) electrons. The number of aromatic nitrogens is 14. The van der Waals surface area contributed by atoms with E-state index in [1.165, 1.54) is 25.6 Å². The summed E-state index contributed by atoms with van der Waals surface area (Å²) in [5.41, 5.74) is 20.6. The Hall–Kier alpha value is -18.8. The van der Waals surface area contributed by atoms with Crippen molar-refractivity contribution in [3.63, 3.8) is 0 Å². The molecular weight excluding hydrogens is 1720 g/mol. The van der Waals surface area contributed by atoms with Gasteiger partial charge in [0.1, 0.15) is 33.5 Å². The van der Waals surface area contributed by atoms with E-state index in [-0.39, 0.29) is 0 Å². The lowest BCUT2D eigenvalue weighted by molar-refractivity contribution is 0.668. The van der Waals surface area contributed by atoms with Crippen molar-refractivity contribution >= 4 is 141 Å². The molecule has 18 heteroatoms. The summed E-state index contributed by atoms with van der Waals surface area (Å²) in [5, 5.41) is 13.0. The predicted octanol–water partition coefficient (Wildman–Crippen LogP) is 30.4. The SMILES string of the molecule is c1ccc(-c2nc(-c3ccccc3)nc(-c3cc(-c4nc(-c5ccccc5)nc(-c5cccc6c5oc5ccccc56)n4)ccc3-n3c4ccccc4c4cc5oc6ccccc6c5cc43)n2)cc1.c1ccc(-c2nc(-c3ccccc3)nc(-c3cc(-c4nc(-c5ccccc5)nc(-c5cccc6oc7ccccc7c56)n4)ccc3-n3c4ccccc4c4cc5sc6ccccc6c5cc43)n2)cc1. The van der Waals surface area contributed by atoms with Gasteiger partial charge in [0.25, 0.3) is 0 Å². The molecule has 0 aliphatic heterocycles. The van der Waals surface area contributed by atoms with E-state index in [1.807, 2.05) is 266 Å². The lowest BCUT2D eigenvalue weighted by Gasteiger charge is -2.16. The van der Waals surface area contributed by atoms with Crippen LogP contribution in [0.1, 0.15) is 0 Å². The quantitative estimate of drug-likeness (QED) is 0.0993. The molecule has 28 aromatic rings. The molecule has 10 aromatic heterocycles.